The van der Waals surface area contributed by atoms with Crippen LogP contribution in [0.3, 0.4) is 0 Å². The van der Waals surface area contributed by atoms with Crippen molar-refractivity contribution in [3.05, 3.63) is 175 Å². The maximum atomic E-state index is 2.49. The van der Waals surface area contributed by atoms with Gasteiger partial charge in [-0.15, -0.1) is 0 Å². The van der Waals surface area contributed by atoms with E-state index in [1.54, 1.807) is 0 Å². The van der Waals surface area contributed by atoms with Crippen LogP contribution in [-0.4, -0.2) is 9.13 Å². The average Bonchev–Trinajstić information content (AvgIpc) is 3.66. The Hall–Kier alpha value is -6.12. The fraction of sp³-hybridized carbons (Fsp3) is 0.0638. The Morgan fingerprint density at radius 1 is 0.449 bits per heavy atom. The topological polar surface area (TPSA) is 9.86 Å². The molecule has 2 heteroatoms. The van der Waals surface area contributed by atoms with E-state index in [9.17, 15) is 0 Å². The zero-order valence-corrected chi connectivity index (χ0v) is 27.3. The lowest BCUT2D eigenvalue weighted by atomic mass is 9.93. The number of rotatable bonds is 4. The minimum atomic E-state index is 0.501. The Balaban J connectivity index is 1.11. The predicted molar refractivity (Wildman–Crippen MR) is 208 cm³/mol. The molecule has 0 saturated heterocycles. The third kappa shape index (κ3) is 4.48. The fourth-order valence-electron chi connectivity index (χ4n) is 8.04. The van der Waals surface area contributed by atoms with Crippen LogP contribution in [0.5, 0.6) is 0 Å². The van der Waals surface area contributed by atoms with Crippen molar-refractivity contribution in [3.63, 3.8) is 0 Å². The second kappa shape index (κ2) is 11.0. The van der Waals surface area contributed by atoms with Crippen molar-refractivity contribution in [1.82, 2.24) is 9.13 Å². The lowest BCUT2D eigenvalue weighted by molar-refractivity contribution is 0.690. The number of aromatic nitrogens is 2. The van der Waals surface area contributed by atoms with E-state index in [1.165, 1.54) is 88.4 Å². The van der Waals surface area contributed by atoms with Crippen LogP contribution in [0, 0.1) is 5.92 Å². The second-order valence-corrected chi connectivity index (χ2v) is 13.5. The molecule has 49 heavy (non-hydrogen) atoms. The van der Waals surface area contributed by atoms with Crippen LogP contribution in [0.4, 0.5) is 0 Å². The highest BCUT2D eigenvalue weighted by Gasteiger charge is 2.22. The fourth-order valence-corrected chi connectivity index (χ4v) is 8.04. The largest absolute Gasteiger partial charge is 0.313 e. The van der Waals surface area contributed by atoms with Crippen LogP contribution in [0.2, 0.25) is 0 Å². The Kier molecular flexibility index (Phi) is 6.25. The Morgan fingerprint density at radius 3 is 1.88 bits per heavy atom. The molecule has 0 spiro atoms. The van der Waals surface area contributed by atoms with E-state index >= 15 is 0 Å². The van der Waals surface area contributed by atoms with Gasteiger partial charge in [0, 0.05) is 38.8 Å². The molecule has 0 saturated carbocycles. The summed E-state index contributed by atoms with van der Waals surface area (Å²) < 4.78 is 4.90. The van der Waals surface area contributed by atoms with Crippen LogP contribution in [0.25, 0.3) is 83.2 Å². The van der Waals surface area contributed by atoms with Gasteiger partial charge in [0.1, 0.15) is 0 Å². The molecule has 1 aliphatic carbocycles. The molecule has 0 N–H and O–H groups in total. The Bertz CT molecular complexity index is 2740. The molecule has 1 unspecified atom stereocenters. The lowest BCUT2D eigenvalue weighted by Crippen LogP contribution is -2.08. The van der Waals surface area contributed by atoms with E-state index < -0.39 is 0 Å². The summed E-state index contributed by atoms with van der Waals surface area (Å²) in [5.74, 6) is 0.501. The zero-order chi connectivity index (χ0) is 32.5. The number of hydrogen-bond acceptors (Lipinski definition) is 0. The molecular formula is C47H34N2. The summed E-state index contributed by atoms with van der Waals surface area (Å²) in [5.41, 5.74) is 13.8. The van der Waals surface area contributed by atoms with Crippen molar-refractivity contribution in [2.45, 2.75) is 13.3 Å². The minimum absolute atomic E-state index is 0.501. The predicted octanol–water partition coefficient (Wildman–Crippen LogP) is 12.4. The van der Waals surface area contributed by atoms with Crippen LogP contribution in [-0.2, 0) is 6.42 Å². The number of allylic oxidation sites excluding steroid dienone is 1. The molecule has 2 aromatic heterocycles. The van der Waals surface area contributed by atoms with E-state index in [4.69, 9.17) is 0 Å². The molecule has 10 rings (SSSR count). The molecule has 2 heterocycles. The van der Waals surface area contributed by atoms with Gasteiger partial charge in [-0.25, -0.2) is 0 Å². The summed E-state index contributed by atoms with van der Waals surface area (Å²) in [5, 5.41) is 6.36. The number of nitrogens with zero attached hydrogens (tertiary/aromatic N) is 2. The van der Waals surface area contributed by atoms with Crippen LogP contribution in [0.15, 0.2) is 164 Å². The molecule has 0 amide bonds. The van der Waals surface area contributed by atoms with Gasteiger partial charge < -0.3 is 9.13 Å². The Morgan fingerprint density at radius 2 is 1.06 bits per heavy atom. The highest BCUT2D eigenvalue weighted by molar-refractivity contribution is 6.11. The molecule has 232 valence electrons. The first-order valence-electron chi connectivity index (χ1n) is 17.2. The summed E-state index contributed by atoms with van der Waals surface area (Å²) >= 11 is 0. The van der Waals surface area contributed by atoms with Gasteiger partial charge in [0.25, 0.3) is 0 Å². The molecule has 0 radical (unpaired) electrons. The quantitative estimate of drug-likeness (QED) is 0.184. The molecule has 0 aliphatic heterocycles. The van der Waals surface area contributed by atoms with Gasteiger partial charge >= 0.3 is 0 Å². The first-order chi connectivity index (χ1) is 24.2. The van der Waals surface area contributed by atoms with E-state index in [-0.39, 0.29) is 0 Å². The van der Waals surface area contributed by atoms with E-state index in [1.807, 2.05) is 0 Å². The number of benzene rings is 7. The monoisotopic (exact) mass is 626 g/mol. The van der Waals surface area contributed by atoms with Crippen molar-refractivity contribution in [3.8, 4) is 33.6 Å². The highest BCUT2D eigenvalue weighted by atomic mass is 15.0. The van der Waals surface area contributed by atoms with Crippen LogP contribution >= 0.6 is 0 Å². The number of para-hydroxylation sites is 1. The molecular weight excluding hydrogens is 593 g/mol. The summed E-state index contributed by atoms with van der Waals surface area (Å²) in [7, 11) is 0. The van der Waals surface area contributed by atoms with Gasteiger partial charge in [0.2, 0.25) is 0 Å². The smallest absolute Gasteiger partial charge is 0.0541 e. The summed E-state index contributed by atoms with van der Waals surface area (Å²) in [4.78, 5) is 0. The van der Waals surface area contributed by atoms with E-state index in [0.717, 1.165) is 6.42 Å². The molecule has 1 aliphatic rings. The van der Waals surface area contributed by atoms with Gasteiger partial charge in [-0.1, -0.05) is 122 Å². The van der Waals surface area contributed by atoms with E-state index in [0.29, 0.717) is 5.92 Å². The molecule has 7 aromatic carbocycles. The van der Waals surface area contributed by atoms with Crippen molar-refractivity contribution < 1.29 is 0 Å². The minimum Gasteiger partial charge on any atom is -0.313 e. The molecule has 2 nitrogen and oxygen atoms in total. The number of hydrogen-bond donors (Lipinski definition) is 0. The van der Waals surface area contributed by atoms with Gasteiger partial charge in [-0.3, -0.25) is 0 Å². The number of fused-ring (bicyclic) bond motifs is 7. The summed E-state index contributed by atoms with van der Waals surface area (Å²) in [6, 6.07) is 57.9. The molecule has 0 fully saturated rings. The van der Waals surface area contributed by atoms with Crippen molar-refractivity contribution in [2.75, 3.05) is 0 Å². The maximum absolute atomic E-state index is 2.49. The molecule has 1 atom stereocenters. The van der Waals surface area contributed by atoms with Gasteiger partial charge in [-0.05, 0) is 100.0 Å². The van der Waals surface area contributed by atoms with Gasteiger partial charge in [0.05, 0.1) is 16.6 Å². The van der Waals surface area contributed by atoms with E-state index in [2.05, 4.69) is 186 Å². The maximum Gasteiger partial charge on any atom is 0.0541 e. The van der Waals surface area contributed by atoms with Gasteiger partial charge in [0.15, 0.2) is 0 Å². The molecule has 9 aromatic rings. The first-order valence-corrected chi connectivity index (χ1v) is 17.2. The first kappa shape index (κ1) is 27.9. The normalized spacial score (nSPS) is 14.3. The van der Waals surface area contributed by atoms with Crippen LogP contribution in [0.1, 0.15) is 18.2 Å². The van der Waals surface area contributed by atoms with Crippen molar-refractivity contribution >= 4 is 49.6 Å². The van der Waals surface area contributed by atoms with Gasteiger partial charge in [-0.2, -0.15) is 0 Å². The molecule has 0 bridgehead atoms. The second-order valence-electron chi connectivity index (χ2n) is 13.5. The standard InChI is InChI=1S/C47H34N2/c1-31-15-24-41-43-30-37(19-25-45(43)48(47(41)27-31)38-21-16-34(17-22-38)32-9-3-2-4-10-32)36-20-26-46-42(29-36)40-13-7-8-14-44(40)49(46)39-23-18-33-11-5-6-12-35(33)28-39/h2-26,28-31H,27H2,1H3. The average molecular weight is 627 g/mol. The highest BCUT2D eigenvalue weighted by Crippen LogP contribution is 2.40. The van der Waals surface area contributed by atoms with Crippen molar-refractivity contribution in [1.29, 1.82) is 0 Å². The lowest BCUT2D eigenvalue weighted by Gasteiger charge is -2.17. The summed E-state index contributed by atoms with van der Waals surface area (Å²) in [6.07, 6.45) is 5.74. The summed E-state index contributed by atoms with van der Waals surface area (Å²) in [6.45, 7) is 2.31. The van der Waals surface area contributed by atoms with Crippen LogP contribution < -0.4 is 0 Å². The SMILES string of the molecule is CC1C=Cc2c(n(-c3ccc(-c4ccccc4)cc3)c3ccc(-c4ccc5c(c4)c4ccccc4n5-c4ccc5ccccc5c4)cc23)C1. The Labute approximate surface area is 285 Å². The van der Waals surface area contributed by atoms with Crippen molar-refractivity contribution in [2.24, 2.45) is 5.92 Å². The third-order valence-corrected chi connectivity index (χ3v) is 10.4. The zero-order valence-electron chi connectivity index (χ0n) is 27.3. The third-order valence-electron chi connectivity index (χ3n) is 10.4.